The Bertz CT molecular complexity index is 703. The fourth-order valence-corrected chi connectivity index (χ4v) is 2.50. The van der Waals surface area contributed by atoms with Crippen molar-refractivity contribution in [2.75, 3.05) is 13.1 Å². The highest BCUT2D eigenvalue weighted by Crippen LogP contribution is 2.24. The Labute approximate surface area is 144 Å². The lowest BCUT2D eigenvalue weighted by Gasteiger charge is -2.28. The van der Waals surface area contributed by atoms with Gasteiger partial charge in [-0.05, 0) is 32.9 Å². The summed E-state index contributed by atoms with van der Waals surface area (Å²) in [5.74, 6) is -2.68. The highest BCUT2D eigenvalue weighted by atomic mass is 19.1. The molecular formula is C16H20FN3O5. The second-order valence-electron chi connectivity index (χ2n) is 6.84. The lowest BCUT2D eigenvalue weighted by molar-refractivity contribution is -0.144. The van der Waals surface area contributed by atoms with Gasteiger partial charge in [-0.25, -0.2) is 14.6 Å². The van der Waals surface area contributed by atoms with Crippen molar-refractivity contribution < 1.29 is 28.6 Å². The van der Waals surface area contributed by atoms with Crippen LogP contribution in [0.15, 0.2) is 18.2 Å². The van der Waals surface area contributed by atoms with Gasteiger partial charge in [-0.1, -0.05) is 6.07 Å². The summed E-state index contributed by atoms with van der Waals surface area (Å²) in [5, 5.41) is 11.9. The number of hydrogen-bond acceptors (Lipinski definition) is 5. The van der Waals surface area contributed by atoms with Gasteiger partial charge in [-0.15, -0.1) is 0 Å². The molecule has 25 heavy (non-hydrogen) atoms. The van der Waals surface area contributed by atoms with Gasteiger partial charge < -0.3 is 20.1 Å². The predicted octanol–water partition coefficient (Wildman–Crippen LogP) is 1.41. The molecule has 1 aromatic rings. The summed E-state index contributed by atoms with van der Waals surface area (Å²) in [7, 11) is 0. The van der Waals surface area contributed by atoms with Crippen LogP contribution in [-0.2, 0) is 9.53 Å². The number of halogens is 1. The van der Waals surface area contributed by atoms with Crippen LogP contribution in [0.4, 0.5) is 9.18 Å². The summed E-state index contributed by atoms with van der Waals surface area (Å²) in [5.41, 5.74) is -2.58. The zero-order valence-electron chi connectivity index (χ0n) is 14.2. The Morgan fingerprint density at radius 1 is 1.36 bits per heavy atom. The molecule has 2 amide bonds. The minimum absolute atomic E-state index is 0.00261. The van der Waals surface area contributed by atoms with E-state index in [-0.39, 0.29) is 25.2 Å². The highest BCUT2D eigenvalue weighted by Gasteiger charge is 2.48. The van der Waals surface area contributed by atoms with Gasteiger partial charge in [0.25, 0.3) is 5.91 Å². The molecule has 9 heteroatoms. The molecular weight excluding hydrogens is 333 g/mol. The first-order valence-corrected chi connectivity index (χ1v) is 7.69. The van der Waals surface area contributed by atoms with Gasteiger partial charge in [0, 0.05) is 13.0 Å². The Hall–Kier alpha value is -2.71. The molecule has 8 nitrogen and oxygen atoms in total. The topological polar surface area (TPSA) is 109 Å². The number of carbonyl (C=O) groups is 3. The van der Waals surface area contributed by atoms with Gasteiger partial charge in [-0.3, -0.25) is 4.79 Å². The molecule has 0 saturated carbocycles. The summed E-state index contributed by atoms with van der Waals surface area (Å²) >= 11 is 0. The molecule has 2 rings (SSSR count). The molecule has 2 heterocycles. The van der Waals surface area contributed by atoms with E-state index in [1.165, 1.54) is 17.0 Å². The Kier molecular flexibility index (Phi) is 4.96. The van der Waals surface area contributed by atoms with Gasteiger partial charge in [0.1, 0.15) is 11.3 Å². The number of nitrogens with one attached hydrogen (secondary N) is 1. The average Bonchev–Trinajstić information content (AvgIpc) is 2.89. The van der Waals surface area contributed by atoms with Crippen molar-refractivity contribution in [2.45, 2.75) is 38.3 Å². The summed E-state index contributed by atoms with van der Waals surface area (Å²) in [6.07, 6.45) is -0.879. The first kappa shape index (κ1) is 18.6. The molecule has 136 valence electrons. The molecule has 0 spiro atoms. The van der Waals surface area contributed by atoms with Crippen LogP contribution in [0.5, 0.6) is 0 Å². The van der Waals surface area contributed by atoms with E-state index in [0.717, 1.165) is 6.07 Å². The van der Waals surface area contributed by atoms with Crippen molar-refractivity contribution in [1.29, 1.82) is 0 Å². The van der Waals surface area contributed by atoms with Crippen molar-refractivity contribution >= 4 is 18.0 Å². The predicted molar refractivity (Wildman–Crippen MR) is 84.5 cm³/mol. The fourth-order valence-electron chi connectivity index (χ4n) is 2.50. The standard InChI is InChI=1S/C16H20FN3O5/c1-15(2,3)25-14(24)19-16(13(22)23)7-8-20(9-16)12(21)10-5-4-6-11(17)18-10/h4-6H,7-9H2,1-3H3,(H,19,24)(H,22,23). The van der Waals surface area contributed by atoms with E-state index in [9.17, 15) is 23.9 Å². The highest BCUT2D eigenvalue weighted by molar-refractivity contribution is 5.94. The number of nitrogens with zero attached hydrogens (tertiary/aromatic N) is 2. The first-order chi connectivity index (χ1) is 11.5. The van der Waals surface area contributed by atoms with Crippen LogP contribution >= 0.6 is 0 Å². The van der Waals surface area contributed by atoms with Gasteiger partial charge in [0.2, 0.25) is 5.95 Å². The lowest BCUT2D eigenvalue weighted by Crippen LogP contribution is -2.57. The van der Waals surface area contributed by atoms with E-state index in [4.69, 9.17) is 4.74 Å². The molecule has 1 aromatic heterocycles. The number of hydrogen-bond donors (Lipinski definition) is 2. The van der Waals surface area contributed by atoms with E-state index < -0.39 is 35.1 Å². The third-order valence-electron chi connectivity index (χ3n) is 3.64. The lowest BCUT2D eigenvalue weighted by atomic mass is 9.99. The van der Waals surface area contributed by atoms with Crippen LogP contribution in [-0.4, -0.2) is 57.2 Å². The van der Waals surface area contributed by atoms with Crippen molar-refractivity contribution in [3.05, 3.63) is 29.8 Å². The number of aliphatic carboxylic acids is 1. The Morgan fingerprint density at radius 3 is 2.60 bits per heavy atom. The number of pyridine rings is 1. The zero-order chi connectivity index (χ0) is 18.8. The molecule has 1 aliphatic rings. The Balaban J connectivity index is 2.14. The normalized spacial score (nSPS) is 20.2. The number of ether oxygens (including phenoxy) is 1. The molecule has 0 radical (unpaired) electrons. The second kappa shape index (κ2) is 6.66. The number of rotatable bonds is 3. The monoisotopic (exact) mass is 353 g/mol. The van der Waals surface area contributed by atoms with Crippen molar-refractivity contribution in [3.63, 3.8) is 0 Å². The fraction of sp³-hybridized carbons (Fsp3) is 0.500. The second-order valence-corrected chi connectivity index (χ2v) is 6.84. The summed E-state index contributed by atoms with van der Waals surface area (Å²) < 4.78 is 18.3. The number of carboxylic acid groups (broad SMARTS) is 1. The van der Waals surface area contributed by atoms with Gasteiger partial charge in [-0.2, -0.15) is 4.39 Å². The van der Waals surface area contributed by atoms with Gasteiger partial charge >= 0.3 is 12.1 Å². The zero-order valence-corrected chi connectivity index (χ0v) is 14.2. The molecule has 1 fully saturated rings. The number of alkyl carbamates (subject to hydrolysis) is 1. The largest absolute Gasteiger partial charge is 0.479 e. The molecule has 2 N–H and O–H groups in total. The summed E-state index contributed by atoms with van der Waals surface area (Å²) in [6.45, 7) is 4.78. The maximum absolute atomic E-state index is 13.2. The molecule has 1 aliphatic heterocycles. The van der Waals surface area contributed by atoms with E-state index in [0.29, 0.717) is 0 Å². The summed E-state index contributed by atoms with van der Waals surface area (Å²) in [4.78, 5) is 40.8. The smallest absolute Gasteiger partial charge is 0.408 e. The number of likely N-dealkylation sites (tertiary alicyclic amines) is 1. The number of carboxylic acids is 1. The molecule has 0 aromatic carbocycles. The van der Waals surface area contributed by atoms with E-state index in [1.807, 2.05) is 0 Å². The van der Waals surface area contributed by atoms with Crippen molar-refractivity contribution in [2.24, 2.45) is 0 Å². The first-order valence-electron chi connectivity index (χ1n) is 7.69. The molecule has 0 aliphatic carbocycles. The van der Waals surface area contributed by atoms with E-state index >= 15 is 0 Å². The van der Waals surface area contributed by atoms with Crippen LogP contribution in [0.25, 0.3) is 0 Å². The van der Waals surface area contributed by atoms with Gasteiger partial charge in [0.05, 0.1) is 6.54 Å². The molecule has 0 bridgehead atoms. The van der Waals surface area contributed by atoms with E-state index in [1.54, 1.807) is 20.8 Å². The molecule has 1 atom stereocenters. The number of amides is 2. The summed E-state index contributed by atoms with van der Waals surface area (Å²) in [6, 6.07) is 3.79. The van der Waals surface area contributed by atoms with Crippen molar-refractivity contribution in [1.82, 2.24) is 15.2 Å². The SMILES string of the molecule is CC(C)(C)OC(=O)NC1(C(=O)O)CCN(C(=O)c2cccc(F)n2)C1. The van der Waals surface area contributed by atoms with Crippen LogP contribution in [0.1, 0.15) is 37.7 Å². The average molecular weight is 353 g/mol. The van der Waals surface area contributed by atoms with Crippen molar-refractivity contribution in [3.8, 4) is 0 Å². The Morgan fingerprint density at radius 2 is 2.04 bits per heavy atom. The minimum Gasteiger partial charge on any atom is -0.479 e. The maximum atomic E-state index is 13.2. The van der Waals surface area contributed by atoms with Crippen LogP contribution in [0, 0.1) is 5.95 Å². The molecule has 1 unspecified atom stereocenters. The van der Waals surface area contributed by atoms with Crippen LogP contribution in [0.2, 0.25) is 0 Å². The third kappa shape index (κ3) is 4.43. The van der Waals surface area contributed by atoms with E-state index in [2.05, 4.69) is 10.3 Å². The third-order valence-corrected chi connectivity index (χ3v) is 3.64. The van der Waals surface area contributed by atoms with Crippen LogP contribution in [0.3, 0.4) is 0 Å². The number of carbonyl (C=O) groups excluding carboxylic acids is 2. The quantitative estimate of drug-likeness (QED) is 0.796. The maximum Gasteiger partial charge on any atom is 0.408 e. The van der Waals surface area contributed by atoms with Gasteiger partial charge in [0.15, 0.2) is 5.54 Å². The van der Waals surface area contributed by atoms with Crippen LogP contribution < -0.4 is 5.32 Å². The minimum atomic E-state index is -1.66. The number of aromatic nitrogens is 1. The molecule has 1 saturated heterocycles.